The summed E-state index contributed by atoms with van der Waals surface area (Å²) in [7, 11) is 0. The number of aliphatic hydroxyl groups excluding tert-OH is 6. The highest BCUT2D eigenvalue weighted by Gasteiger charge is 2.67. The largest absolute Gasteiger partial charge is 0.461 e. The van der Waals surface area contributed by atoms with Gasteiger partial charge in [-0.3, -0.25) is 14.4 Å². The molecule has 0 unspecified atom stereocenters. The highest BCUT2D eigenvalue weighted by Crippen LogP contribution is 2.72. The van der Waals surface area contributed by atoms with E-state index in [0.717, 1.165) is 132 Å². The minimum atomic E-state index is -0.381. The first kappa shape index (κ1) is 68.9. The van der Waals surface area contributed by atoms with Crippen LogP contribution in [0.25, 0.3) is 0 Å². The molecule has 0 saturated heterocycles. The second kappa shape index (κ2) is 26.5. The van der Waals surface area contributed by atoms with Gasteiger partial charge in [0.05, 0.1) is 36.6 Å². The van der Waals surface area contributed by atoms with E-state index in [0.29, 0.717) is 108 Å². The monoisotopic (exact) mass is 1290 g/mol. The van der Waals surface area contributed by atoms with Crippen molar-refractivity contribution in [1.29, 1.82) is 0 Å². The molecule has 12 saturated carbocycles. The minimum absolute atomic E-state index is 0.0296. The van der Waals surface area contributed by atoms with Crippen LogP contribution >= 0.6 is 0 Å². The number of hydrogen-bond donors (Lipinski definition) is 6. The summed E-state index contributed by atoms with van der Waals surface area (Å²) in [5.74, 6) is 7.15. The van der Waals surface area contributed by atoms with Crippen LogP contribution in [0.2, 0.25) is 0 Å². The van der Waals surface area contributed by atoms with Crippen molar-refractivity contribution in [3.63, 3.8) is 0 Å². The predicted molar refractivity (Wildman–Crippen MR) is 359 cm³/mol. The van der Waals surface area contributed by atoms with Gasteiger partial charge in [0.25, 0.3) is 0 Å². The molecule has 522 valence electrons. The molecule has 1 aromatic rings. The van der Waals surface area contributed by atoms with Gasteiger partial charge in [0.1, 0.15) is 19.8 Å². The van der Waals surface area contributed by atoms with Crippen molar-refractivity contribution in [1.82, 2.24) is 0 Å². The molecule has 6 N–H and O–H groups in total. The Kier molecular flexibility index (Phi) is 19.6. The first-order valence-electron chi connectivity index (χ1n) is 38.9. The molecule has 12 aliphatic rings. The zero-order valence-electron chi connectivity index (χ0n) is 59.1. The maximum absolute atomic E-state index is 13.8. The third kappa shape index (κ3) is 12.1. The van der Waals surface area contributed by atoms with Gasteiger partial charge in [-0.05, 0) is 347 Å². The summed E-state index contributed by atoms with van der Waals surface area (Å²) in [4.78, 5) is 41.5. The van der Waals surface area contributed by atoms with Crippen LogP contribution in [0, 0.1) is 139 Å². The Balaban J connectivity index is 0.628. The Morgan fingerprint density at radius 2 is 0.645 bits per heavy atom. The van der Waals surface area contributed by atoms with Crippen LogP contribution in [0.4, 0.5) is 0 Å². The summed E-state index contributed by atoms with van der Waals surface area (Å²) in [5.41, 5.74) is 2.19. The van der Waals surface area contributed by atoms with Crippen LogP contribution in [0.5, 0.6) is 0 Å². The van der Waals surface area contributed by atoms with Crippen LogP contribution in [-0.4, -0.2) is 85.2 Å². The molecule has 30 atom stereocenters. The molecular formula is C81H126O12. The van der Waals surface area contributed by atoms with E-state index < -0.39 is 0 Å². The van der Waals surface area contributed by atoms with Gasteiger partial charge >= 0.3 is 17.9 Å². The Morgan fingerprint density at radius 3 is 0.914 bits per heavy atom. The second-order valence-corrected chi connectivity index (χ2v) is 36.8. The summed E-state index contributed by atoms with van der Waals surface area (Å²) in [6.45, 7) is 21.4. The molecule has 1 aromatic carbocycles. The summed E-state index contributed by atoms with van der Waals surface area (Å²) >= 11 is 0. The number of ether oxygens (including phenoxy) is 3. The number of rotatable bonds is 18. The molecule has 0 amide bonds. The maximum Gasteiger partial charge on any atom is 0.306 e. The van der Waals surface area contributed by atoms with Crippen molar-refractivity contribution in [3.05, 3.63) is 34.9 Å². The van der Waals surface area contributed by atoms with Crippen molar-refractivity contribution in [2.24, 2.45) is 139 Å². The molecule has 12 aliphatic carbocycles. The van der Waals surface area contributed by atoms with E-state index in [2.05, 4.69) is 62.3 Å². The Labute approximate surface area is 559 Å². The molecule has 12 nitrogen and oxygen atoms in total. The smallest absolute Gasteiger partial charge is 0.306 e. The normalized spacial score (nSPS) is 48.1. The van der Waals surface area contributed by atoms with Crippen LogP contribution in [0.15, 0.2) is 18.2 Å². The standard InChI is InChI=1S/C81H126O12/c1-46(61-19-22-64-58-16-13-52-37-55(82)28-31-76(52,4)67(58)40-70(85)79(61,64)7)10-25-73(88)91-43-49-34-50(44-92-74(89)26-11-47(2)62-20-23-65-59-17-14-53-38-56(83)29-32-77(53,5)68(59)41-71(86)80(62,65)8)36-51(35-49)45-93-75(90)27-12-48(3)63-21-24-66-60-18-15-54-39-57(84)30-33-78(54,6)69(60)42-72(87)81(63,66)9/h34-36,46-48,52-72,82-87H,10-33,37-45H2,1-9H3/t46-,47-,48-,52-,53-,54-,55-,56-,57-,58+,59+,60+,61-,62-,63-,64+,65+,66+,67+,68+,69+,70+,71+,72+,76+,77+,78+,79-,80-,81-/m1/s1. The lowest BCUT2D eigenvalue weighted by atomic mass is 9.43. The number of carbonyl (C=O) groups excluding carboxylic acids is 3. The maximum atomic E-state index is 13.8. The number of esters is 3. The molecule has 12 heteroatoms. The van der Waals surface area contributed by atoms with E-state index in [-0.39, 0.29) is 144 Å². The molecule has 0 bridgehead atoms. The zero-order chi connectivity index (χ0) is 65.9. The second-order valence-electron chi connectivity index (χ2n) is 36.8. The number of hydrogen-bond acceptors (Lipinski definition) is 12. The Hall–Kier alpha value is -2.61. The fourth-order valence-corrected chi connectivity index (χ4v) is 27.9. The summed E-state index contributed by atoms with van der Waals surface area (Å²) in [5, 5.41) is 68.5. The van der Waals surface area contributed by atoms with E-state index in [1.54, 1.807) is 0 Å². The average Bonchev–Trinajstić information content (AvgIpc) is 1.61. The molecule has 12 fully saturated rings. The molecule has 0 spiro atoms. The molecular weight excluding hydrogens is 1160 g/mol. The highest BCUT2D eigenvalue weighted by molar-refractivity contribution is 5.70. The Bertz CT molecular complexity index is 2530. The first-order chi connectivity index (χ1) is 44.2. The number of aliphatic hydroxyl groups is 6. The number of carbonyl (C=O) groups is 3. The molecule has 0 heterocycles. The quantitative estimate of drug-likeness (QED) is 0.0601. The molecule has 93 heavy (non-hydrogen) atoms. The molecule has 0 aliphatic heterocycles. The van der Waals surface area contributed by atoms with E-state index in [1.165, 1.54) is 38.5 Å². The number of fused-ring (bicyclic) bond motifs is 15. The van der Waals surface area contributed by atoms with E-state index >= 15 is 0 Å². The fourth-order valence-electron chi connectivity index (χ4n) is 27.9. The van der Waals surface area contributed by atoms with Crippen LogP contribution in [0.3, 0.4) is 0 Å². The third-order valence-electron chi connectivity index (χ3n) is 33.2. The Morgan fingerprint density at radius 1 is 0.376 bits per heavy atom. The summed E-state index contributed by atoms with van der Waals surface area (Å²) < 4.78 is 18.2. The molecule has 0 aromatic heterocycles. The van der Waals surface area contributed by atoms with Crippen molar-refractivity contribution < 1.29 is 59.2 Å². The minimum Gasteiger partial charge on any atom is -0.461 e. The van der Waals surface area contributed by atoms with E-state index in [1.807, 2.05) is 18.2 Å². The van der Waals surface area contributed by atoms with Gasteiger partial charge in [-0.1, -0.05) is 62.3 Å². The van der Waals surface area contributed by atoms with Crippen molar-refractivity contribution in [2.75, 3.05) is 0 Å². The lowest BCUT2D eigenvalue weighted by Gasteiger charge is -2.62. The predicted octanol–water partition coefficient (Wildman–Crippen LogP) is 15.0. The number of benzene rings is 1. The lowest BCUT2D eigenvalue weighted by molar-refractivity contribution is -0.175. The zero-order valence-corrected chi connectivity index (χ0v) is 59.1. The van der Waals surface area contributed by atoms with Crippen LogP contribution in [-0.2, 0) is 48.4 Å². The summed E-state index contributed by atoms with van der Waals surface area (Å²) in [6, 6.07) is 5.80. The molecule has 0 radical (unpaired) electrons. The first-order valence-corrected chi connectivity index (χ1v) is 38.9. The topological polar surface area (TPSA) is 200 Å². The van der Waals surface area contributed by atoms with E-state index in [9.17, 15) is 45.0 Å². The van der Waals surface area contributed by atoms with Gasteiger partial charge in [-0.15, -0.1) is 0 Å². The molecule has 13 rings (SSSR count). The van der Waals surface area contributed by atoms with Crippen molar-refractivity contribution >= 4 is 17.9 Å². The lowest BCUT2D eigenvalue weighted by Crippen LogP contribution is -2.58. The van der Waals surface area contributed by atoms with Gasteiger partial charge in [-0.2, -0.15) is 0 Å². The van der Waals surface area contributed by atoms with Crippen molar-refractivity contribution in [2.45, 2.75) is 311 Å². The average molecular weight is 1290 g/mol. The SMILES string of the molecule is C[C@H](CCC(=O)OCc1cc(COC(=O)CC[C@@H](C)[C@H]2CC[C@H]3[C@@H]4CC[C@@H]5C[C@H](O)CC[C@]5(C)[C@H]4C[C@H](O)[C@]23C)cc(COC(=O)CC[C@@H](C)[C@H]2CC[C@H]3[C@@H]4CC[C@@H]5C[C@H](O)CC[C@]5(C)[C@H]4C[C@H](O)[C@]23C)c1)[C@H]1CC[C@H]2[C@@H]3CC[C@@H]4C[C@H](O)CC[C@]4(C)[C@H]3C[C@H](O)[C@]12C. The van der Waals surface area contributed by atoms with E-state index in [4.69, 9.17) is 14.2 Å². The summed E-state index contributed by atoms with van der Waals surface area (Å²) in [6.07, 6.45) is 25.8. The fraction of sp³-hybridized carbons (Fsp3) is 0.889. The van der Waals surface area contributed by atoms with Gasteiger partial charge in [0, 0.05) is 19.3 Å². The van der Waals surface area contributed by atoms with Gasteiger partial charge in [0.15, 0.2) is 0 Å². The van der Waals surface area contributed by atoms with Crippen molar-refractivity contribution in [3.8, 4) is 0 Å². The van der Waals surface area contributed by atoms with Gasteiger partial charge in [-0.25, -0.2) is 0 Å². The third-order valence-corrected chi connectivity index (χ3v) is 33.2. The van der Waals surface area contributed by atoms with Gasteiger partial charge in [0.2, 0.25) is 0 Å². The highest BCUT2D eigenvalue weighted by atomic mass is 16.5. The van der Waals surface area contributed by atoms with Gasteiger partial charge < -0.3 is 44.8 Å². The van der Waals surface area contributed by atoms with Crippen LogP contribution in [0.1, 0.15) is 272 Å². The van der Waals surface area contributed by atoms with Crippen LogP contribution < -0.4 is 0 Å².